The van der Waals surface area contributed by atoms with Crippen LogP contribution >= 0.6 is 0 Å². The molecule has 0 aromatic heterocycles. The van der Waals surface area contributed by atoms with Gasteiger partial charge in [0.15, 0.2) is 0 Å². The summed E-state index contributed by atoms with van der Waals surface area (Å²) in [5, 5.41) is 13.6. The molecule has 0 fully saturated rings. The quantitative estimate of drug-likeness (QED) is 0.216. The first-order valence-electron chi connectivity index (χ1n) is 0.565. The molecule has 0 atom stereocenters. The molecule has 0 aliphatic rings. The van der Waals surface area contributed by atoms with Gasteiger partial charge in [0.25, 0.3) is 5.09 Å². The average molecular weight is 76.8 g/mol. The Kier molecular flexibility index (Phi) is 5.79. The predicted octanol–water partition coefficient (Wildman–Crippen LogP) is -1.53. The fourth-order valence-electron chi connectivity index (χ4n) is 0. The second kappa shape index (κ2) is 3.26. The fourth-order valence-corrected chi connectivity index (χ4v) is 0. The van der Waals surface area contributed by atoms with E-state index >= 15 is 0 Å². The van der Waals surface area contributed by atoms with Crippen LogP contribution in [0.5, 0.6) is 0 Å². The number of nitrogens with zero attached hydrogens (tertiary/aromatic N) is 1. The molecule has 4 nitrogen and oxygen atoms in total. The molecule has 0 aromatic carbocycles. The van der Waals surface area contributed by atoms with Crippen LogP contribution in [0.3, 0.4) is 0 Å². The lowest BCUT2D eigenvalue weighted by molar-refractivity contribution is -0.742. The van der Waals surface area contributed by atoms with Gasteiger partial charge in [0.1, 0.15) is 0 Å². The third kappa shape index (κ3) is 9.67. The van der Waals surface area contributed by atoms with Gasteiger partial charge in [0.05, 0.1) is 8.41 Å². The minimum atomic E-state index is -1.50. The van der Waals surface area contributed by atoms with Gasteiger partial charge in [-0.1, -0.05) is 0 Å². The molecule has 0 saturated heterocycles. The second-order valence-electron chi connectivity index (χ2n) is 0.238. The lowest BCUT2D eigenvalue weighted by atomic mass is 10.8. The van der Waals surface area contributed by atoms with E-state index in [1.54, 1.807) is 0 Å². The SMILES string of the molecule is B.O=[N+]([O-])O. The summed E-state index contributed by atoms with van der Waals surface area (Å²) in [6, 6.07) is 0. The number of hydrogen-bond donors (Lipinski definition) is 1. The summed E-state index contributed by atoms with van der Waals surface area (Å²) in [6.45, 7) is 0. The summed E-state index contributed by atoms with van der Waals surface area (Å²) >= 11 is 0. The summed E-state index contributed by atoms with van der Waals surface area (Å²) in [6.07, 6.45) is 0. The van der Waals surface area contributed by atoms with Crippen LogP contribution in [0.4, 0.5) is 0 Å². The lowest BCUT2D eigenvalue weighted by Crippen LogP contribution is -1.81. The molecule has 0 heterocycles. The van der Waals surface area contributed by atoms with Crippen LogP contribution in [0.25, 0.3) is 0 Å². The third-order valence-corrected chi connectivity index (χ3v) is 0. The second-order valence-corrected chi connectivity index (χ2v) is 0.238. The lowest BCUT2D eigenvalue weighted by Gasteiger charge is -1.56. The molecule has 0 rings (SSSR count). The number of rotatable bonds is 0. The molecule has 0 unspecified atom stereocenters. The minimum Gasteiger partial charge on any atom is -0.328 e. The highest BCUT2D eigenvalue weighted by Crippen LogP contribution is 1.38. The average Bonchev–Trinajstić information content (AvgIpc) is 0.811. The van der Waals surface area contributed by atoms with Crippen molar-refractivity contribution in [3.63, 3.8) is 0 Å². The largest absolute Gasteiger partial charge is 0.328 e. The van der Waals surface area contributed by atoms with Crippen molar-refractivity contribution in [2.24, 2.45) is 0 Å². The van der Waals surface area contributed by atoms with Crippen molar-refractivity contribution in [2.75, 3.05) is 0 Å². The van der Waals surface area contributed by atoms with Crippen LogP contribution in [0.1, 0.15) is 0 Å². The van der Waals surface area contributed by atoms with Crippen LogP contribution in [0, 0.1) is 10.1 Å². The van der Waals surface area contributed by atoms with Crippen molar-refractivity contribution >= 4 is 8.41 Å². The van der Waals surface area contributed by atoms with E-state index < -0.39 is 5.09 Å². The molecule has 0 spiro atoms. The maximum Gasteiger partial charge on any atom is 0.291 e. The molecular formula is H4BNO3. The van der Waals surface area contributed by atoms with Gasteiger partial charge in [0.2, 0.25) is 0 Å². The van der Waals surface area contributed by atoms with E-state index in [9.17, 15) is 0 Å². The molecule has 0 amide bonds. The maximum atomic E-state index is 8.36. The van der Waals surface area contributed by atoms with Crippen molar-refractivity contribution in [1.29, 1.82) is 0 Å². The smallest absolute Gasteiger partial charge is 0.291 e. The third-order valence-electron chi connectivity index (χ3n) is 0. The van der Waals surface area contributed by atoms with Gasteiger partial charge in [-0.25, -0.2) is 0 Å². The first-order chi connectivity index (χ1) is 1.73. The van der Waals surface area contributed by atoms with Crippen molar-refractivity contribution in [1.82, 2.24) is 0 Å². The molecule has 0 aliphatic carbocycles. The monoisotopic (exact) mass is 77.0 g/mol. The zero-order valence-electron chi connectivity index (χ0n) is 1.71. The fraction of sp³-hybridized carbons (Fsp3) is 0. The summed E-state index contributed by atoms with van der Waals surface area (Å²) in [7, 11) is 0. The van der Waals surface area contributed by atoms with Crippen LogP contribution in [0.15, 0.2) is 0 Å². The Morgan fingerprint density at radius 1 is 1.80 bits per heavy atom. The Balaban J connectivity index is 0. The normalized spacial score (nSPS) is 4.80. The topological polar surface area (TPSA) is 63.4 Å². The molecule has 5 heavy (non-hydrogen) atoms. The highest BCUT2D eigenvalue weighted by atomic mass is 16.9. The van der Waals surface area contributed by atoms with E-state index in [0.717, 1.165) is 0 Å². The van der Waals surface area contributed by atoms with E-state index in [2.05, 4.69) is 0 Å². The van der Waals surface area contributed by atoms with Crippen LogP contribution < -0.4 is 0 Å². The van der Waals surface area contributed by atoms with Crippen molar-refractivity contribution in [3.05, 3.63) is 10.1 Å². The molecule has 0 aromatic rings. The Bertz CT molecular complexity index is 29.9. The molecule has 0 radical (unpaired) electrons. The summed E-state index contributed by atoms with van der Waals surface area (Å²) in [5.74, 6) is 0. The summed E-state index contributed by atoms with van der Waals surface area (Å²) in [4.78, 5) is 8.36. The highest BCUT2D eigenvalue weighted by Gasteiger charge is 1.65. The first kappa shape index (κ1) is 8.86. The Hall–Kier alpha value is -0.735. The van der Waals surface area contributed by atoms with Crippen molar-refractivity contribution in [2.45, 2.75) is 0 Å². The van der Waals surface area contributed by atoms with E-state index in [0.29, 0.717) is 0 Å². The Morgan fingerprint density at radius 3 is 1.80 bits per heavy atom. The van der Waals surface area contributed by atoms with Gasteiger partial charge in [-0.3, -0.25) is 0 Å². The highest BCUT2D eigenvalue weighted by molar-refractivity contribution is 5.75. The van der Waals surface area contributed by atoms with Gasteiger partial charge in [0, 0.05) is 0 Å². The Morgan fingerprint density at radius 2 is 1.80 bits per heavy atom. The van der Waals surface area contributed by atoms with Gasteiger partial charge in [-0.05, 0) is 0 Å². The maximum absolute atomic E-state index is 8.36. The van der Waals surface area contributed by atoms with Crippen LogP contribution in [-0.4, -0.2) is 18.7 Å². The minimum absolute atomic E-state index is 0. The molecule has 5 heteroatoms. The molecule has 0 saturated carbocycles. The molecule has 30 valence electrons. The standard InChI is InChI=1S/BH3.HNO3/c;2-1(3)4/h1H3;(H,2,3,4). The van der Waals surface area contributed by atoms with E-state index in [4.69, 9.17) is 15.3 Å². The van der Waals surface area contributed by atoms with Gasteiger partial charge < -0.3 is 5.21 Å². The summed E-state index contributed by atoms with van der Waals surface area (Å²) < 4.78 is 0. The van der Waals surface area contributed by atoms with Crippen molar-refractivity contribution < 1.29 is 10.3 Å². The van der Waals surface area contributed by atoms with Gasteiger partial charge in [-0.2, -0.15) is 0 Å². The first-order valence-corrected chi connectivity index (χ1v) is 0.565. The zero-order chi connectivity index (χ0) is 3.58. The molecule has 0 aliphatic heterocycles. The van der Waals surface area contributed by atoms with E-state index in [1.165, 1.54) is 0 Å². The summed E-state index contributed by atoms with van der Waals surface area (Å²) in [5.41, 5.74) is 0. The number of hydrogen-bond acceptors (Lipinski definition) is 2. The Labute approximate surface area is 30.1 Å². The van der Waals surface area contributed by atoms with E-state index in [-0.39, 0.29) is 8.41 Å². The van der Waals surface area contributed by atoms with Crippen molar-refractivity contribution in [3.8, 4) is 0 Å². The van der Waals surface area contributed by atoms with Gasteiger partial charge >= 0.3 is 0 Å². The molecule has 1 N–H and O–H groups in total. The molecule has 0 bridgehead atoms. The molecular weight excluding hydrogens is 72.8 g/mol. The van der Waals surface area contributed by atoms with Gasteiger partial charge in [-0.15, -0.1) is 10.1 Å². The van der Waals surface area contributed by atoms with E-state index in [1.807, 2.05) is 0 Å². The zero-order valence-corrected chi connectivity index (χ0v) is 1.71. The van der Waals surface area contributed by atoms with Crippen LogP contribution in [-0.2, 0) is 0 Å². The van der Waals surface area contributed by atoms with Crippen LogP contribution in [0.2, 0.25) is 0 Å². The predicted molar refractivity (Wildman–Crippen MR) is 18.7 cm³/mol.